The Balaban J connectivity index is 2.26. The van der Waals surface area contributed by atoms with Crippen LogP contribution in [0.5, 0.6) is 0 Å². The number of allylic oxidation sites excluding steroid dienone is 1. The molecule has 0 saturated carbocycles. The summed E-state index contributed by atoms with van der Waals surface area (Å²) in [4.78, 5) is 0. The molecule has 1 aliphatic carbocycles. The molecule has 1 atom stereocenters. The van der Waals surface area contributed by atoms with Gasteiger partial charge in [0.2, 0.25) is 0 Å². The molecule has 0 aromatic rings. The van der Waals surface area contributed by atoms with Gasteiger partial charge in [-0.05, 0) is 25.7 Å². The van der Waals surface area contributed by atoms with E-state index in [0.717, 1.165) is 12.8 Å². The van der Waals surface area contributed by atoms with Gasteiger partial charge in [0.05, 0.1) is 6.10 Å². The number of aliphatic hydroxyl groups is 1. The van der Waals surface area contributed by atoms with Crippen LogP contribution >= 0.6 is 0 Å². The average Bonchev–Trinajstić information content (AvgIpc) is 2.02. The van der Waals surface area contributed by atoms with Crippen molar-refractivity contribution in [3.8, 4) is 0 Å². The van der Waals surface area contributed by atoms with Crippen LogP contribution in [0.15, 0.2) is 12.2 Å². The lowest BCUT2D eigenvalue weighted by atomic mass is 10.1. The molecule has 0 aromatic carbocycles. The molecule has 0 saturated heterocycles. The molecule has 10 heavy (non-hydrogen) atoms. The molecule has 0 aliphatic heterocycles. The van der Waals surface area contributed by atoms with Gasteiger partial charge in [0.15, 0.2) is 0 Å². The van der Waals surface area contributed by atoms with Crippen molar-refractivity contribution in [2.75, 3.05) is 0 Å². The van der Waals surface area contributed by atoms with E-state index in [2.05, 4.69) is 12.2 Å². The van der Waals surface area contributed by atoms with Crippen LogP contribution < -0.4 is 0 Å². The summed E-state index contributed by atoms with van der Waals surface area (Å²) in [6, 6.07) is 0. The van der Waals surface area contributed by atoms with Gasteiger partial charge in [-0.1, -0.05) is 25.0 Å². The minimum Gasteiger partial charge on any atom is -0.393 e. The molecular weight excluding hydrogens is 124 g/mol. The topological polar surface area (TPSA) is 20.2 Å². The fourth-order valence-electron chi connectivity index (χ4n) is 1.31. The van der Waals surface area contributed by atoms with E-state index in [1.165, 1.54) is 25.7 Å². The first-order valence-corrected chi connectivity index (χ1v) is 4.22. The van der Waals surface area contributed by atoms with Gasteiger partial charge in [0.1, 0.15) is 0 Å². The number of aliphatic hydroxyl groups excluding tert-OH is 1. The molecule has 0 aromatic heterocycles. The molecule has 1 rings (SSSR count). The molecule has 1 nitrogen and oxygen atoms in total. The second kappa shape index (κ2) is 4.51. The van der Waals surface area contributed by atoms with Crippen molar-refractivity contribution in [3.63, 3.8) is 0 Å². The van der Waals surface area contributed by atoms with Gasteiger partial charge in [-0.15, -0.1) is 0 Å². The summed E-state index contributed by atoms with van der Waals surface area (Å²) >= 11 is 0. The van der Waals surface area contributed by atoms with Crippen LogP contribution in [-0.4, -0.2) is 11.2 Å². The quantitative estimate of drug-likeness (QED) is 0.512. The highest BCUT2D eigenvalue weighted by Crippen LogP contribution is 2.11. The van der Waals surface area contributed by atoms with Crippen LogP contribution in [0.1, 0.15) is 38.5 Å². The molecule has 0 heterocycles. The van der Waals surface area contributed by atoms with Crippen molar-refractivity contribution in [1.82, 2.24) is 0 Å². The van der Waals surface area contributed by atoms with Crippen molar-refractivity contribution in [1.29, 1.82) is 0 Å². The molecule has 0 amide bonds. The van der Waals surface area contributed by atoms with Gasteiger partial charge in [-0.2, -0.15) is 0 Å². The second-order valence-corrected chi connectivity index (χ2v) is 3.00. The zero-order valence-corrected chi connectivity index (χ0v) is 6.42. The van der Waals surface area contributed by atoms with Crippen LogP contribution in [0.25, 0.3) is 0 Å². The molecule has 0 unspecified atom stereocenters. The zero-order valence-electron chi connectivity index (χ0n) is 6.42. The number of rotatable bonds is 0. The predicted octanol–water partition coefficient (Wildman–Crippen LogP) is 2.26. The highest BCUT2D eigenvalue weighted by atomic mass is 16.3. The maximum atomic E-state index is 9.29. The van der Waals surface area contributed by atoms with E-state index in [0.29, 0.717) is 0 Å². The minimum atomic E-state index is -0.0747. The second-order valence-electron chi connectivity index (χ2n) is 3.00. The molecule has 0 bridgehead atoms. The van der Waals surface area contributed by atoms with Crippen LogP contribution in [-0.2, 0) is 0 Å². The number of hydrogen-bond donors (Lipinski definition) is 1. The van der Waals surface area contributed by atoms with Gasteiger partial charge in [0, 0.05) is 0 Å². The van der Waals surface area contributed by atoms with Gasteiger partial charge < -0.3 is 5.11 Å². The maximum Gasteiger partial charge on any atom is 0.0574 e. The van der Waals surface area contributed by atoms with E-state index in [9.17, 15) is 5.11 Å². The Kier molecular flexibility index (Phi) is 3.52. The van der Waals surface area contributed by atoms with Crippen LogP contribution in [0.3, 0.4) is 0 Å². The van der Waals surface area contributed by atoms with Gasteiger partial charge in [-0.3, -0.25) is 0 Å². The molecular formula is C9H16O. The fourth-order valence-corrected chi connectivity index (χ4v) is 1.31. The Bertz CT molecular complexity index is 107. The van der Waals surface area contributed by atoms with Crippen LogP contribution in [0.4, 0.5) is 0 Å². The Morgan fingerprint density at radius 3 is 2.90 bits per heavy atom. The highest BCUT2D eigenvalue weighted by Gasteiger charge is 2.01. The Hall–Kier alpha value is -0.300. The van der Waals surface area contributed by atoms with E-state index in [4.69, 9.17) is 0 Å². The summed E-state index contributed by atoms with van der Waals surface area (Å²) in [5, 5.41) is 9.29. The third kappa shape index (κ3) is 3.02. The van der Waals surface area contributed by atoms with E-state index >= 15 is 0 Å². The summed E-state index contributed by atoms with van der Waals surface area (Å²) < 4.78 is 0. The lowest BCUT2D eigenvalue weighted by Gasteiger charge is -2.04. The van der Waals surface area contributed by atoms with E-state index in [1.54, 1.807) is 0 Å². The first kappa shape index (κ1) is 7.80. The summed E-state index contributed by atoms with van der Waals surface area (Å²) in [7, 11) is 0. The first-order chi connectivity index (χ1) is 4.89. The summed E-state index contributed by atoms with van der Waals surface area (Å²) in [5.74, 6) is 0. The summed E-state index contributed by atoms with van der Waals surface area (Å²) in [6.45, 7) is 0. The normalized spacial score (nSPS) is 31.9. The molecule has 1 heteroatoms. The van der Waals surface area contributed by atoms with Gasteiger partial charge >= 0.3 is 0 Å². The van der Waals surface area contributed by atoms with Crippen molar-refractivity contribution in [2.45, 2.75) is 44.6 Å². The van der Waals surface area contributed by atoms with E-state index in [1.807, 2.05) is 0 Å². The lowest BCUT2D eigenvalue weighted by Crippen LogP contribution is -2.03. The van der Waals surface area contributed by atoms with Crippen molar-refractivity contribution in [2.24, 2.45) is 0 Å². The minimum absolute atomic E-state index is 0.0747. The first-order valence-electron chi connectivity index (χ1n) is 4.22. The van der Waals surface area contributed by atoms with Gasteiger partial charge in [0.25, 0.3) is 0 Å². The number of hydrogen-bond acceptors (Lipinski definition) is 1. The van der Waals surface area contributed by atoms with E-state index < -0.39 is 0 Å². The average molecular weight is 140 g/mol. The molecule has 58 valence electrons. The van der Waals surface area contributed by atoms with Crippen molar-refractivity contribution in [3.05, 3.63) is 12.2 Å². The van der Waals surface area contributed by atoms with Crippen LogP contribution in [0, 0.1) is 0 Å². The Morgan fingerprint density at radius 2 is 2.00 bits per heavy atom. The molecule has 0 radical (unpaired) electrons. The summed E-state index contributed by atoms with van der Waals surface area (Å²) in [5.41, 5.74) is 0. The van der Waals surface area contributed by atoms with Crippen LogP contribution in [0.2, 0.25) is 0 Å². The van der Waals surface area contributed by atoms with Gasteiger partial charge in [-0.25, -0.2) is 0 Å². The lowest BCUT2D eigenvalue weighted by molar-refractivity contribution is 0.164. The van der Waals surface area contributed by atoms with E-state index in [-0.39, 0.29) is 6.10 Å². The fraction of sp³-hybridized carbons (Fsp3) is 0.778. The standard InChI is InChI=1S/C9H16O/c10-9-7-5-3-1-2-4-6-8-9/h3,5,9-10H,1-2,4,6-8H2/b5-3+/t9-/m1/s1. The predicted molar refractivity (Wildman–Crippen MR) is 42.8 cm³/mol. The molecule has 0 spiro atoms. The van der Waals surface area contributed by atoms with Crippen molar-refractivity contribution >= 4 is 0 Å². The highest BCUT2D eigenvalue weighted by molar-refractivity contribution is 4.85. The SMILES string of the molecule is O[C@@H]1C/C=C/CCCCC1. The van der Waals surface area contributed by atoms with Crippen molar-refractivity contribution < 1.29 is 5.11 Å². The smallest absolute Gasteiger partial charge is 0.0574 e. The third-order valence-corrected chi connectivity index (χ3v) is 1.98. The monoisotopic (exact) mass is 140 g/mol. The largest absolute Gasteiger partial charge is 0.393 e. The third-order valence-electron chi connectivity index (χ3n) is 1.98. The molecule has 1 aliphatic rings. The maximum absolute atomic E-state index is 9.29. The Morgan fingerprint density at radius 1 is 1.10 bits per heavy atom. The Labute approximate surface area is 62.8 Å². The zero-order chi connectivity index (χ0) is 7.23. The summed E-state index contributed by atoms with van der Waals surface area (Å²) in [6.07, 6.45) is 11.0. The molecule has 1 N–H and O–H groups in total. The molecule has 0 fully saturated rings.